The van der Waals surface area contributed by atoms with Crippen molar-refractivity contribution in [1.29, 1.82) is 0 Å². The van der Waals surface area contributed by atoms with Crippen molar-refractivity contribution in [3.8, 4) is 0 Å². The zero-order valence-corrected chi connectivity index (χ0v) is 12.5. The highest BCUT2D eigenvalue weighted by atomic mass is 32.2. The third-order valence-corrected chi connectivity index (χ3v) is 5.49. The molecule has 21 heavy (non-hydrogen) atoms. The number of nitro groups is 1. The molecule has 2 heterocycles. The van der Waals surface area contributed by atoms with Gasteiger partial charge in [0, 0.05) is 19.2 Å². The topological polar surface area (TPSA) is 105 Å². The van der Waals surface area contributed by atoms with E-state index in [2.05, 4.69) is 10.3 Å². The molecule has 0 amide bonds. The maximum Gasteiger partial charge on any atom is 0.363 e. The molecule has 0 spiro atoms. The predicted octanol–water partition coefficient (Wildman–Crippen LogP) is 0.610. The van der Waals surface area contributed by atoms with E-state index in [4.69, 9.17) is 0 Å². The molecule has 1 aliphatic heterocycles. The van der Waals surface area contributed by atoms with Crippen molar-refractivity contribution in [2.45, 2.75) is 17.7 Å². The fourth-order valence-corrected chi connectivity index (χ4v) is 3.84. The van der Waals surface area contributed by atoms with Crippen LogP contribution in [0.1, 0.15) is 12.8 Å². The lowest BCUT2D eigenvalue weighted by Gasteiger charge is -2.30. The fraction of sp³-hybridized carbons (Fsp3) is 0.583. The van der Waals surface area contributed by atoms with E-state index < -0.39 is 14.9 Å². The van der Waals surface area contributed by atoms with E-state index >= 15 is 0 Å². The molecule has 1 fully saturated rings. The van der Waals surface area contributed by atoms with E-state index in [1.807, 2.05) is 7.05 Å². The van der Waals surface area contributed by atoms with Crippen LogP contribution in [-0.4, -0.2) is 49.3 Å². The molecule has 9 heteroatoms. The van der Waals surface area contributed by atoms with E-state index in [0.717, 1.165) is 31.6 Å². The number of nitrogens with one attached hydrogen (secondary N) is 1. The van der Waals surface area contributed by atoms with Crippen LogP contribution < -0.4 is 5.32 Å². The van der Waals surface area contributed by atoms with Crippen LogP contribution in [0.4, 0.5) is 5.82 Å². The molecule has 0 radical (unpaired) electrons. The number of rotatable bonds is 5. The fourth-order valence-electron chi connectivity index (χ4n) is 2.42. The van der Waals surface area contributed by atoms with Crippen LogP contribution in [-0.2, 0) is 10.0 Å². The smallest absolute Gasteiger partial charge is 0.358 e. The number of nitrogens with zero attached hydrogens (tertiary/aromatic N) is 3. The molecule has 116 valence electrons. The summed E-state index contributed by atoms with van der Waals surface area (Å²) < 4.78 is 26.3. The molecule has 0 atom stereocenters. The molecule has 1 aromatic heterocycles. The number of aromatic nitrogens is 1. The summed E-state index contributed by atoms with van der Waals surface area (Å²) in [6.45, 7) is 1.81. The van der Waals surface area contributed by atoms with Crippen molar-refractivity contribution in [3.63, 3.8) is 0 Å². The zero-order chi connectivity index (χ0) is 15.5. The summed E-state index contributed by atoms with van der Waals surface area (Å²) in [4.78, 5) is 13.5. The van der Waals surface area contributed by atoms with Crippen molar-refractivity contribution in [2.24, 2.45) is 5.92 Å². The third-order valence-electron chi connectivity index (χ3n) is 3.61. The largest absolute Gasteiger partial charge is 0.363 e. The Labute approximate surface area is 123 Å². The molecule has 2 rings (SSSR count). The minimum absolute atomic E-state index is 0.000154. The first-order valence-corrected chi connectivity index (χ1v) is 8.14. The lowest BCUT2D eigenvalue weighted by Crippen LogP contribution is -2.40. The van der Waals surface area contributed by atoms with Gasteiger partial charge >= 0.3 is 5.82 Å². The molecular formula is C12H18N4O4S. The first-order chi connectivity index (χ1) is 9.95. The third kappa shape index (κ3) is 3.55. The van der Waals surface area contributed by atoms with Gasteiger partial charge in [0.25, 0.3) is 0 Å². The second-order valence-corrected chi connectivity index (χ2v) is 6.95. The summed E-state index contributed by atoms with van der Waals surface area (Å²) >= 11 is 0. The highest BCUT2D eigenvalue weighted by Crippen LogP contribution is 2.23. The van der Waals surface area contributed by atoms with Crippen molar-refractivity contribution in [1.82, 2.24) is 14.6 Å². The van der Waals surface area contributed by atoms with Gasteiger partial charge in [-0.15, -0.1) is 0 Å². The lowest BCUT2D eigenvalue weighted by atomic mass is 9.98. The molecule has 8 nitrogen and oxygen atoms in total. The van der Waals surface area contributed by atoms with Gasteiger partial charge in [0.05, 0.1) is 0 Å². The summed E-state index contributed by atoms with van der Waals surface area (Å²) in [7, 11) is -1.73. The Hall–Kier alpha value is -1.58. The van der Waals surface area contributed by atoms with E-state index in [0.29, 0.717) is 19.0 Å². The first kappa shape index (κ1) is 15.8. The maximum absolute atomic E-state index is 12.4. The minimum Gasteiger partial charge on any atom is -0.358 e. The Morgan fingerprint density at radius 3 is 2.57 bits per heavy atom. The normalized spacial score (nSPS) is 17.8. The molecule has 0 unspecified atom stereocenters. The molecule has 0 aliphatic carbocycles. The number of hydrogen-bond acceptors (Lipinski definition) is 6. The van der Waals surface area contributed by atoms with Crippen molar-refractivity contribution >= 4 is 15.8 Å². The van der Waals surface area contributed by atoms with Crippen LogP contribution in [0.5, 0.6) is 0 Å². The standard InChI is InChI=1S/C12H18N4O4S/c1-13-8-10-4-6-15(7-5-10)21(19,20)11-2-3-12(14-9-11)16(17)18/h2-3,9-10,13H,4-8H2,1H3. The highest BCUT2D eigenvalue weighted by molar-refractivity contribution is 7.89. The summed E-state index contributed by atoms with van der Waals surface area (Å²) in [6, 6.07) is 2.35. The van der Waals surface area contributed by atoms with Crippen LogP contribution in [0, 0.1) is 16.0 Å². The monoisotopic (exact) mass is 314 g/mol. The molecule has 0 bridgehead atoms. The average molecular weight is 314 g/mol. The van der Waals surface area contributed by atoms with Gasteiger partial charge in [0.15, 0.2) is 6.20 Å². The quantitative estimate of drug-likeness (QED) is 0.630. The van der Waals surface area contributed by atoms with Crippen LogP contribution in [0.3, 0.4) is 0 Å². The van der Waals surface area contributed by atoms with E-state index in [9.17, 15) is 18.5 Å². The Bertz CT molecular complexity index is 594. The molecule has 0 saturated carbocycles. The van der Waals surface area contributed by atoms with Gasteiger partial charge < -0.3 is 15.4 Å². The van der Waals surface area contributed by atoms with Gasteiger partial charge in [-0.25, -0.2) is 8.42 Å². The number of piperidine rings is 1. The predicted molar refractivity (Wildman–Crippen MR) is 76.3 cm³/mol. The van der Waals surface area contributed by atoms with Crippen molar-refractivity contribution in [2.75, 3.05) is 26.7 Å². The summed E-state index contributed by atoms with van der Waals surface area (Å²) in [6.07, 6.45) is 2.66. The Morgan fingerprint density at radius 2 is 2.10 bits per heavy atom. The molecule has 1 saturated heterocycles. The van der Waals surface area contributed by atoms with E-state index in [1.54, 1.807) is 0 Å². The van der Waals surface area contributed by atoms with Gasteiger partial charge in [-0.1, -0.05) is 0 Å². The highest BCUT2D eigenvalue weighted by Gasteiger charge is 2.30. The van der Waals surface area contributed by atoms with Crippen LogP contribution in [0.15, 0.2) is 23.2 Å². The van der Waals surface area contributed by atoms with Gasteiger partial charge in [-0.2, -0.15) is 4.31 Å². The summed E-state index contributed by atoms with van der Waals surface area (Å²) in [5.74, 6) is 0.123. The second kappa shape index (κ2) is 6.46. The first-order valence-electron chi connectivity index (χ1n) is 6.70. The van der Waals surface area contributed by atoms with Crippen LogP contribution in [0.2, 0.25) is 0 Å². The van der Waals surface area contributed by atoms with Crippen molar-refractivity contribution < 1.29 is 13.3 Å². The molecule has 1 aliphatic rings. The van der Waals surface area contributed by atoms with Gasteiger partial charge in [-0.05, 0) is 48.3 Å². The Morgan fingerprint density at radius 1 is 1.43 bits per heavy atom. The van der Waals surface area contributed by atoms with E-state index in [1.165, 1.54) is 10.4 Å². The Kier molecular flexibility index (Phi) is 4.86. The second-order valence-electron chi connectivity index (χ2n) is 5.01. The molecular weight excluding hydrogens is 296 g/mol. The van der Waals surface area contributed by atoms with Crippen LogP contribution >= 0.6 is 0 Å². The maximum atomic E-state index is 12.4. The average Bonchev–Trinajstić information content (AvgIpc) is 2.48. The zero-order valence-electron chi connectivity index (χ0n) is 11.7. The Balaban J connectivity index is 2.10. The summed E-state index contributed by atoms with van der Waals surface area (Å²) in [5.41, 5.74) is 0. The molecule has 0 aromatic carbocycles. The van der Waals surface area contributed by atoms with Crippen molar-refractivity contribution in [3.05, 3.63) is 28.4 Å². The lowest BCUT2D eigenvalue weighted by molar-refractivity contribution is -0.389. The van der Waals surface area contributed by atoms with Gasteiger partial charge in [0.1, 0.15) is 4.90 Å². The van der Waals surface area contributed by atoms with Gasteiger partial charge in [0.2, 0.25) is 10.0 Å². The SMILES string of the molecule is CNCC1CCN(S(=O)(=O)c2ccc([N+](=O)[O-])nc2)CC1. The number of hydrogen-bond donors (Lipinski definition) is 1. The molecule has 1 N–H and O–H groups in total. The summed E-state index contributed by atoms with van der Waals surface area (Å²) in [5, 5.41) is 13.6. The minimum atomic E-state index is -3.62. The van der Waals surface area contributed by atoms with E-state index in [-0.39, 0.29) is 10.7 Å². The van der Waals surface area contributed by atoms with Crippen LogP contribution in [0.25, 0.3) is 0 Å². The number of sulfonamides is 1. The van der Waals surface area contributed by atoms with Gasteiger partial charge in [-0.3, -0.25) is 0 Å². The molecule has 1 aromatic rings. The number of pyridine rings is 1.